The van der Waals surface area contributed by atoms with E-state index in [1.807, 2.05) is 36.4 Å². The van der Waals surface area contributed by atoms with Gasteiger partial charge in [-0.1, -0.05) is 24.3 Å². The van der Waals surface area contributed by atoms with Gasteiger partial charge in [0.25, 0.3) is 5.89 Å². The van der Waals surface area contributed by atoms with Crippen LogP contribution in [0.25, 0.3) is 17.5 Å². The molecule has 0 radical (unpaired) electrons. The standard InChI is InChI=1S/C19H14N2O5/c22-18(9-7-13-6-8-15-16(10-13)25-12-24-15)23-11-17-20-21-19(26-17)14-4-2-1-3-5-14/h1-10H,11-12H2/b9-7+. The number of hydrogen-bond acceptors (Lipinski definition) is 7. The molecule has 0 bridgehead atoms. The summed E-state index contributed by atoms with van der Waals surface area (Å²) in [6, 6.07) is 14.8. The van der Waals surface area contributed by atoms with E-state index in [2.05, 4.69) is 10.2 Å². The number of esters is 1. The lowest BCUT2D eigenvalue weighted by Gasteiger charge is -1.99. The number of carbonyl (C=O) groups is 1. The summed E-state index contributed by atoms with van der Waals surface area (Å²) < 4.78 is 21.1. The van der Waals surface area contributed by atoms with E-state index >= 15 is 0 Å². The molecule has 0 saturated heterocycles. The summed E-state index contributed by atoms with van der Waals surface area (Å²) in [5, 5.41) is 7.81. The lowest BCUT2D eigenvalue weighted by molar-refractivity contribution is -0.139. The van der Waals surface area contributed by atoms with Crippen molar-refractivity contribution in [2.24, 2.45) is 0 Å². The number of hydrogen-bond donors (Lipinski definition) is 0. The Labute approximate surface area is 148 Å². The Balaban J connectivity index is 1.33. The Morgan fingerprint density at radius 2 is 1.92 bits per heavy atom. The highest BCUT2D eigenvalue weighted by Gasteiger charge is 2.13. The molecule has 0 aliphatic carbocycles. The minimum Gasteiger partial charge on any atom is -0.454 e. The van der Waals surface area contributed by atoms with Gasteiger partial charge >= 0.3 is 5.97 Å². The minimum atomic E-state index is -0.512. The first-order valence-electron chi connectivity index (χ1n) is 7.90. The maximum Gasteiger partial charge on any atom is 0.331 e. The van der Waals surface area contributed by atoms with Crippen LogP contribution >= 0.6 is 0 Å². The third kappa shape index (κ3) is 3.56. The molecule has 7 nitrogen and oxygen atoms in total. The van der Waals surface area contributed by atoms with Crippen LogP contribution in [0.5, 0.6) is 11.5 Å². The average molecular weight is 350 g/mol. The van der Waals surface area contributed by atoms with Crippen LogP contribution in [0.4, 0.5) is 0 Å². The van der Waals surface area contributed by atoms with Crippen molar-refractivity contribution in [3.05, 3.63) is 66.1 Å². The maximum atomic E-state index is 11.8. The predicted octanol–water partition coefficient (Wildman–Crippen LogP) is 3.22. The number of rotatable bonds is 5. The monoisotopic (exact) mass is 350 g/mol. The lowest BCUT2D eigenvalue weighted by Crippen LogP contribution is -2.00. The van der Waals surface area contributed by atoms with E-state index in [4.69, 9.17) is 18.6 Å². The summed E-state index contributed by atoms with van der Waals surface area (Å²) in [6.45, 7) is 0.115. The molecule has 0 fully saturated rings. The topological polar surface area (TPSA) is 83.7 Å². The van der Waals surface area contributed by atoms with Gasteiger partial charge in [-0.15, -0.1) is 10.2 Å². The fourth-order valence-electron chi connectivity index (χ4n) is 2.37. The second kappa shape index (κ2) is 7.10. The van der Waals surface area contributed by atoms with E-state index in [9.17, 15) is 4.79 Å². The summed E-state index contributed by atoms with van der Waals surface area (Å²) in [4.78, 5) is 11.8. The van der Waals surface area contributed by atoms with Gasteiger partial charge in [-0.3, -0.25) is 0 Å². The summed E-state index contributed by atoms with van der Waals surface area (Å²) >= 11 is 0. The van der Waals surface area contributed by atoms with Gasteiger partial charge in [-0.25, -0.2) is 4.79 Å². The fraction of sp³-hybridized carbons (Fsp3) is 0.105. The predicted molar refractivity (Wildman–Crippen MR) is 91.1 cm³/mol. The number of aromatic nitrogens is 2. The quantitative estimate of drug-likeness (QED) is 0.516. The molecule has 0 spiro atoms. The van der Waals surface area contributed by atoms with Crippen LogP contribution in [0.3, 0.4) is 0 Å². The van der Waals surface area contributed by atoms with Gasteiger partial charge in [0.15, 0.2) is 18.1 Å². The number of ether oxygens (including phenoxy) is 3. The second-order valence-corrected chi connectivity index (χ2v) is 5.42. The van der Waals surface area contributed by atoms with Crippen molar-refractivity contribution >= 4 is 12.0 Å². The first-order chi connectivity index (χ1) is 12.8. The number of carbonyl (C=O) groups excluding carboxylic acids is 1. The molecule has 26 heavy (non-hydrogen) atoms. The number of fused-ring (bicyclic) bond motifs is 1. The van der Waals surface area contributed by atoms with Crippen molar-refractivity contribution < 1.29 is 23.4 Å². The Morgan fingerprint density at radius 3 is 2.81 bits per heavy atom. The molecule has 0 amide bonds. The first-order valence-corrected chi connectivity index (χ1v) is 7.90. The molecule has 2 aromatic carbocycles. The molecule has 1 aliphatic rings. The average Bonchev–Trinajstić information content (AvgIpc) is 3.34. The molecule has 4 rings (SSSR count). The smallest absolute Gasteiger partial charge is 0.331 e. The van der Waals surface area contributed by atoms with Crippen LogP contribution in [0.15, 0.2) is 59.0 Å². The molecule has 1 aliphatic heterocycles. The van der Waals surface area contributed by atoms with Crippen LogP contribution in [0, 0.1) is 0 Å². The SMILES string of the molecule is O=C(/C=C/c1ccc2c(c1)OCO2)OCc1nnc(-c2ccccc2)o1. The highest BCUT2D eigenvalue weighted by atomic mass is 16.7. The highest BCUT2D eigenvalue weighted by molar-refractivity contribution is 5.87. The van der Waals surface area contributed by atoms with Gasteiger partial charge < -0.3 is 18.6 Å². The van der Waals surface area contributed by atoms with Gasteiger partial charge in [0.05, 0.1) is 0 Å². The molecule has 0 saturated carbocycles. The third-order valence-corrected chi connectivity index (χ3v) is 3.63. The zero-order chi connectivity index (χ0) is 17.8. The Morgan fingerprint density at radius 1 is 1.08 bits per heavy atom. The molecule has 2 heterocycles. The van der Waals surface area contributed by atoms with Crippen molar-refractivity contribution in [2.75, 3.05) is 6.79 Å². The zero-order valence-corrected chi connectivity index (χ0v) is 13.6. The number of nitrogens with zero attached hydrogens (tertiary/aromatic N) is 2. The van der Waals surface area contributed by atoms with E-state index in [0.717, 1.165) is 11.1 Å². The summed E-state index contributed by atoms with van der Waals surface area (Å²) in [7, 11) is 0. The second-order valence-electron chi connectivity index (χ2n) is 5.42. The highest BCUT2D eigenvalue weighted by Crippen LogP contribution is 2.32. The van der Waals surface area contributed by atoms with Crippen molar-refractivity contribution in [3.8, 4) is 23.0 Å². The van der Waals surface area contributed by atoms with Gasteiger partial charge in [0.1, 0.15) is 0 Å². The van der Waals surface area contributed by atoms with Crippen LogP contribution in [-0.2, 0) is 16.1 Å². The normalized spacial score (nSPS) is 12.5. The van der Waals surface area contributed by atoms with E-state index < -0.39 is 5.97 Å². The Kier molecular flexibility index (Phi) is 4.34. The van der Waals surface area contributed by atoms with E-state index in [1.165, 1.54) is 6.08 Å². The molecule has 3 aromatic rings. The van der Waals surface area contributed by atoms with Crippen LogP contribution in [-0.4, -0.2) is 23.0 Å². The Bertz CT molecular complexity index is 950. The largest absolute Gasteiger partial charge is 0.454 e. The van der Waals surface area contributed by atoms with Crippen molar-refractivity contribution in [2.45, 2.75) is 6.61 Å². The molecular weight excluding hydrogens is 336 g/mol. The Hall–Kier alpha value is -3.61. The molecule has 1 aromatic heterocycles. The van der Waals surface area contributed by atoms with Crippen molar-refractivity contribution in [1.29, 1.82) is 0 Å². The van der Waals surface area contributed by atoms with Gasteiger partial charge in [0.2, 0.25) is 12.7 Å². The fourth-order valence-corrected chi connectivity index (χ4v) is 2.37. The van der Waals surface area contributed by atoms with Gasteiger partial charge in [0, 0.05) is 11.6 Å². The molecule has 130 valence electrons. The maximum absolute atomic E-state index is 11.8. The molecule has 0 N–H and O–H groups in total. The van der Waals surface area contributed by atoms with E-state index in [-0.39, 0.29) is 19.3 Å². The minimum absolute atomic E-state index is 0.0931. The van der Waals surface area contributed by atoms with Crippen LogP contribution in [0.2, 0.25) is 0 Å². The molecular formula is C19H14N2O5. The number of benzene rings is 2. The lowest BCUT2D eigenvalue weighted by atomic mass is 10.2. The first kappa shape index (κ1) is 15.9. The summed E-state index contributed by atoms with van der Waals surface area (Å²) in [5.41, 5.74) is 1.61. The molecule has 7 heteroatoms. The molecule has 0 atom stereocenters. The van der Waals surface area contributed by atoms with Gasteiger partial charge in [-0.2, -0.15) is 0 Å². The van der Waals surface area contributed by atoms with Crippen LogP contribution in [0.1, 0.15) is 11.5 Å². The van der Waals surface area contributed by atoms with Crippen molar-refractivity contribution in [3.63, 3.8) is 0 Å². The third-order valence-electron chi connectivity index (χ3n) is 3.63. The summed E-state index contributed by atoms with van der Waals surface area (Å²) in [6.07, 6.45) is 2.96. The molecule has 0 unspecified atom stereocenters. The zero-order valence-electron chi connectivity index (χ0n) is 13.6. The van der Waals surface area contributed by atoms with Crippen LogP contribution < -0.4 is 9.47 Å². The van der Waals surface area contributed by atoms with Gasteiger partial charge in [-0.05, 0) is 35.9 Å². The van der Waals surface area contributed by atoms with Crippen molar-refractivity contribution in [1.82, 2.24) is 10.2 Å². The van der Waals surface area contributed by atoms with E-state index in [1.54, 1.807) is 18.2 Å². The summed E-state index contributed by atoms with van der Waals surface area (Å²) in [5.74, 6) is 1.44. The van der Waals surface area contributed by atoms with E-state index in [0.29, 0.717) is 17.4 Å².